The molecule has 0 bridgehead atoms. The van der Waals surface area contributed by atoms with Gasteiger partial charge in [-0.25, -0.2) is 0 Å². The lowest BCUT2D eigenvalue weighted by Gasteiger charge is -2.62. The smallest absolute Gasteiger partial charge is 0.0577 e. The molecule has 0 aromatic heterocycles. The van der Waals surface area contributed by atoms with Crippen LogP contribution in [0, 0.1) is 28.6 Å². The molecular formula is C27H45NO. The fourth-order valence-corrected chi connectivity index (χ4v) is 7.91. The molecule has 0 aromatic rings. The van der Waals surface area contributed by atoms with E-state index in [4.69, 9.17) is 5.73 Å². The molecule has 2 saturated carbocycles. The molecule has 164 valence electrons. The minimum atomic E-state index is -0.136. The minimum Gasteiger partial charge on any atom is -0.393 e. The van der Waals surface area contributed by atoms with Gasteiger partial charge in [-0.1, -0.05) is 70.3 Å². The van der Waals surface area contributed by atoms with E-state index in [0.717, 1.165) is 31.6 Å². The number of unbranched alkanes of at least 4 members (excludes halogenated alkanes) is 1. The van der Waals surface area contributed by atoms with E-state index in [9.17, 15) is 5.11 Å². The second-order valence-corrected chi connectivity index (χ2v) is 11.6. The lowest BCUT2D eigenvalue weighted by molar-refractivity contribution is -0.0491. The average Bonchev–Trinajstić information content (AvgIpc) is 3.03. The third-order valence-corrected chi connectivity index (χ3v) is 10.1. The molecule has 0 aliphatic heterocycles. The predicted molar refractivity (Wildman–Crippen MR) is 123 cm³/mol. The van der Waals surface area contributed by atoms with Gasteiger partial charge in [0.2, 0.25) is 0 Å². The van der Waals surface area contributed by atoms with Crippen molar-refractivity contribution in [2.75, 3.05) is 0 Å². The van der Waals surface area contributed by atoms with Gasteiger partial charge in [-0.3, -0.25) is 0 Å². The average molecular weight is 400 g/mol. The van der Waals surface area contributed by atoms with E-state index >= 15 is 0 Å². The molecule has 4 rings (SSSR count). The van der Waals surface area contributed by atoms with Gasteiger partial charge in [0.05, 0.1) is 6.10 Å². The molecule has 2 heteroatoms. The standard InChI is InChI=1S/C27H45NO/c1-5-19(2)8-6-7-9-20-10-11-23-25(20,3)16-14-24-26(4)15-13-22(29)18-21(26)12-17-27(23,24)28/h10,12,19,22-24,29H,5-9,11,13-18,28H2,1-4H3/t19-,22-,23?,24?,25+,26-,27+/m0/s1. The van der Waals surface area contributed by atoms with Crippen LogP contribution in [-0.4, -0.2) is 16.7 Å². The lowest BCUT2D eigenvalue weighted by Crippen LogP contribution is -2.65. The van der Waals surface area contributed by atoms with Crippen molar-refractivity contribution in [3.8, 4) is 0 Å². The quantitative estimate of drug-likeness (QED) is 0.394. The molecule has 7 atom stereocenters. The summed E-state index contributed by atoms with van der Waals surface area (Å²) in [5.74, 6) is 2.05. The summed E-state index contributed by atoms with van der Waals surface area (Å²) in [5.41, 5.74) is 11.1. The van der Waals surface area contributed by atoms with Crippen LogP contribution in [0.25, 0.3) is 0 Å². The molecule has 0 aromatic carbocycles. The maximum atomic E-state index is 10.2. The zero-order chi connectivity index (χ0) is 20.9. The number of aliphatic hydroxyl groups is 1. The summed E-state index contributed by atoms with van der Waals surface area (Å²) < 4.78 is 0. The van der Waals surface area contributed by atoms with Crippen molar-refractivity contribution in [2.45, 2.75) is 116 Å². The van der Waals surface area contributed by atoms with Crippen LogP contribution in [0.5, 0.6) is 0 Å². The molecule has 2 nitrogen and oxygen atoms in total. The van der Waals surface area contributed by atoms with E-state index in [1.165, 1.54) is 56.9 Å². The Hall–Kier alpha value is -0.600. The van der Waals surface area contributed by atoms with Gasteiger partial charge in [0.25, 0.3) is 0 Å². The van der Waals surface area contributed by atoms with Crippen molar-refractivity contribution in [3.63, 3.8) is 0 Å². The number of hydrogen-bond acceptors (Lipinski definition) is 2. The van der Waals surface area contributed by atoms with Crippen molar-refractivity contribution in [2.24, 2.45) is 34.3 Å². The SMILES string of the molecule is CC[C@H](C)CCCCC1=CCC2[C@]3(N)CC=C4C[C@@H](O)CC[C@]4(C)C3CC[C@]12C. The molecule has 0 radical (unpaired) electrons. The number of aliphatic hydroxyl groups excluding tert-OH is 1. The van der Waals surface area contributed by atoms with Gasteiger partial charge >= 0.3 is 0 Å². The van der Waals surface area contributed by atoms with Gasteiger partial charge in [0, 0.05) is 5.54 Å². The Labute approximate surface area is 179 Å². The van der Waals surface area contributed by atoms with Crippen LogP contribution in [0.15, 0.2) is 23.3 Å². The van der Waals surface area contributed by atoms with Gasteiger partial charge in [-0.05, 0) is 86.4 Å². The Bertz CT molecular complexity index is 680. The summed E-state index contributed by atoms with van der Waals surface area (Å²) in [6.07, 6.45) is 19.3. The third kappa shape index (κ3) is 3.47. The number of fused-ring (bicyclic) bond motifs is 5. The van der Waals surface area contributed by atoms with Gasteiger partial charge in [-0.15, -0.1) is 0 Å². The molecule has 4 aliphatic rings. The molecule has 0 heterocycles. The zero-order valence-corrected chi connectivity index (χ0v) is 19.5. The highest BCUT2D eigenvalue weighted by Gasteiger charge is 2.62. The summed E-state index contributed by atoms with van der Waals surface area (Å²) >= 11 is 0. The topological polar surface area (TPSA) is 46.2 Å². The van der Waals surface area contributed by atoms with E-state index in [0.29, 0.717) is 17.3 Å². The van der Waals surface area contributed by atoms with Crippen molar-refractivity contribution >= 4 is 0 Å². The molecule has 3 N–H and O–H groups in total. The molecule has 4 aliphatic carbocycles. The Balaban J connectivity index is 1.49. The summed E-state index contributed by atoms with van der Waals surface area (Å²) in [7, 11) is 0. The molecule has 2 unspecified atom stereocenters. The summed E-state index contributed by atoms with van der Waals surface area (Å²) in [5, 5.41) is 10.2. The van der Waals surface area contributed by atoms with Crippen LogP contribution in [0.3, 0.4) is 0 Å². The van der Waals surface area contributed by atoms with E-state index in [1.807, 2.05) is 0 Å². The molecule has 0 saturated heterocycles. The Morgan fingerprint density at radius 3 is 2.62 bits per heavy atom. The second kappa shape index (κ2) is 7.83. The first-order valence-electron chi connectivity index (χ1n) is 12.6. The van der Waals surface area contributed by atoms with Crippen LogP contribution in [-0.2, 0) is 0 Å². The maximum absolute atomic E-state index is 10.2. The summed E-state index contributed by atoms with van der Waals surface area (Å²) in [6, 6.07) is 0. The Morgan fingerprint density at radius 1 is 1.10 bits per heavy atom. The van der Waals surface area contributed by atoms with Crippen LogP contribution in [0.2, 0.25) is 0 Å². The van der Waals surface area contributed by atoms with Gasteiger partial charge in [-0.2, -0.15) is 0 Å². The summed E-state index contributed by atoms with van der Waals surface area (Å²) in [6.45, 7) is 9.72. The first kappa shape index (κ1) is 21.6. The van der Waals surface area contributed by atoms with Crippen molar-refractivity contribution in [1.82, 2.24) is 0 Å². The van der Waals surface area contributed by atoms with Crippen LogP contribution < -0.4 is 5.73 Å². The molecule has 2 fully saturated rings. The Morgan fingerprint density at radius 2 is 1.86 bits per heavy atom. The molecule has 0 spiro atoms. The molecule has 0 amide bonds. The van der Waals surface area contributed by atoms with Gasteiger partial charge in [0.1, 0.15) is 0 Å². The van der Waals surface area contributed by atoms with Gasteiger partial charge in [0.15, 0.2) is 0 Å². The normalized spacial score (nSPS) is 45.0. The first-order chi connectivity index (χ1) is 13.7. The molecular weight excluding hydrogens is 354 g/mol. The van der Waals surface area contributed by atoms with Gasteiger partial charge < -0.3 is 10.8 Å². The number of allylic oxidation sites excluding steroid dienone is 2. The van der Waals surface area contributed by atoms with Crippen molar-refractivity contribution < 1.29 is 5.11 Å². The van der Waals surface area contributed by atoms with E-state index in [1.54, 1.807) is 5.57 Å². The maximum Gasteiger partial charge on any atom is 0.0577 e. The number of nitrogens with two attached hydrogens (primary N) is 1. The largest absolute Gasteiger partial charge is 0.393 e. The van der Waals surface area contributed by atoms with Crippen molar-refractivity contribution in [3.05, 3.63) is 23.3 Å². The minimum absolute atomic E-state index is 0.0669. The Kier molecular flexibility index (Phi) is 5.84. The van der Waals surface area contributed by atoms with E-state index in [-0.39, 0.29) is 17.1 Å². The highest BCUT2D eigenvalue weighted by atomic mass is 16.3. The van der Waals surface area contributed by atoms with Crippen molar-refractivity contribution in [1.29, 1.82) is 0 Å². The number of hydrogen-bond donors (Lipinski definition) is 2. The highest BCUT2D eigenvalue weighted by Crippen LogP contribution is 2.66. The zero-order valence-electron chi connectivity index (χ0n) is 19.5. The summed E-state index contributed by atoms with van der Waals surface area (Å²) in [4.78, 5) is 0. The second-order valence-electron chi connectivity index (χ2n) is 11.6. The fraction of sp³-hybridized carbons (Fsp3) is 0.852. The monoisotopic (exact) mass is 399 g/mol. The fourth-order valence-electron chi connectivity index (χ4n) is 7.91. The molecule has 29 heavy (non-hydrogen) atoms. The van der Waals surface area contributed by atoms with E-state index in [2.05, 4.69) is 39.8 Å². The number of rotatable bonds is 6. The predicted octanol–water partition coefficient (Wildman–Crippen LogP) is 6.53. The van der Waals surface area contributed by atoms with Crippen LogP contribution >= 0.6 is 0 Å². The lowest BCUT2D eigenvalue weighted by atomic mass is 9.44. The van der Waals surface area contributed by atoms with Crippen LogP contribution in [0.4, 0.5) is 0 Å². The van der Waals surface area contributed by atoms with Crippen LogP contribution in [0.1, 0.15) is 105 Å². The first-order valence-corrected chi connectivity index (χ1v) is 12.6. The van der Waals surface area contributed by atoms with E-state index < -0.39 is 0 Å². The third-order valence-electron chi connectivity index (χ3n) is 10.1. The highest BCUT2D eigenvalue weighted by molar-refractivity contribution is 5.35.